The molecule has 1 aromatic heterocycles. The van der Waals surface area contributed by atoms with E-state index in [1.807, 2.05) is 0 Å². The number of ether oxygens (including phenoxy) is 1. The second-order valence-electron chi connectivity index (χ2n) is 7.02. The number of halogens is 6. The first-order valence-corrected chi connectivity index (χ1v) is 10.2. The van der Waals surface area contributed by atoms with Gasteiger partial charge in [0, 0.05) is 24.6 Å². The van der Waals surface area contributed by atoms with Crippen molar-refractivity contribution in [3.8, 4) is 0 Å². The minimum Gasteiger partial charge on any atom is -0.354 e. The number of rotatable bonds is 3. The molecule has 2 unspecified atom stereocenters. The first-order valence-electron chi connectivity index (χ1n) is 8.73. The molecule has 0 spiro atoms. The van der Waals surface area contributed by atoms with E-state index < -0.39 is 43.4 Å². The van der Waals surface area contributed by atoms with E-state index >= 15 is 0 Å². The lowest BCUT2D eigenvalue weighted by Gasteiger charge is -2.39. The molecule has 0 N–H and O–H groups in total. The topological polar surface area (TPSA) is 69.2 Å². The van der Waals surface area contributed by atoms with Gasteiger partial charge >= 0.3 is 12.4 Å². The predicted octanol–water partition coefficient (Wildman–Crippen LogP) is 4.59. The van der Waals surface area contributed by atoms with Crippen molar-refractivity contribution in [1.29, 1.82) is 0 Å². The van der Waals surface area contributed by atoms with Gasteiger partial charge < -0.3 is 4.74 Å². The van der Waals surface area contributed by atoms with Crippen molar-refractivity contribution in [2.75, 3.05) is 6.61 Å². The summed E-state index contributed by atoms with van der Waals surface area (Å²) in [5.74, 6) is -1.71. The van der Waals surface area contributed by atoms with Gasteiger partial charge in [0.05, 0.1) is 10.5 Å². The summed E-state index contributed by atoms with van der Waals surface area (Å²) in [5.41, 5.74) is -1.45. The summed E-state index contributed by atoms with van der Waals surface area (Å²) in [7, 11) is -4.62. The summed E-state index contributed by atoms with van der Waals surface area (Å²) in [6, 6.07) is 3.13. The number of alkyl halides is 6. The number of sulfone groups is 1. The van der Waals surface area contributed by atoms with Crippen LogP contribution in [-0.2, 0) is 31.9 Å². The van der Waals surface area contributed by atoms with Gasteiger partial charge in [-0.3, -0.25) is 0 Å². The van der Waals surface area contributed by atoms with Crippen LogP contribution in [0.25, 0.3) is 0 Å². The van der Waals surface area contributed by atoms with Gasteiger partial charge in [0.15, 0.2) is 0 Å². The smallest absolute Gasteiger partial charge is 0.354 e. The number of nitrogens with zero attached hydrogens (tertiary/aromatic N) is 2. The number of hydrogen-bond donors (Lipinski definition) is 0. The lowest BCUT2D eigenvalue weighted by Crippen LogP contribution is -2.44. The van der Waals surface area contributed by atoms with Gasteiger partial charge in [-0.15, -0.1) is 0 Å². The fraction of sp³-hybridized carbons (Fsp3) is 0.444. The molecule has 2 heterocycles. The van der Waals surface area contributed by atoms with Crippen LogP contribution in [0, 0.1) is 5.92 Å². The summed E-state index contributed by atoms with van der Waals surface area (Å²) in [6.45, 7) is 1.66. The maximum absolute atomic E-state index is 13.4. The second kappa shape index (κ2) is 7.49. The largest absolute Gasteiger partial charge is 0.451 e. The van der Waals surface area contributed by atoms with Crippen LogP contribution in [0.15, 0.2) is 41.6 Å². The zero-order valence-corrected chi connectivity index (χ0v) is 16.3. The molecule has 2 atom stereocenters. The Morgan fingerprint density at radius 3 is 2.23 bits per heavy atom. The third-order valence-corrected chi connectivity index (χ3v) is 7.08. The summed E-state index contributed by atoms with van der Waals surface area (Å²) in [4.78, 5) is 3.53. The molecule has 0 saturated carbocycles. The van der Waals surface area contributed by atoms with E-state index in [-0.39, 0.29) is 24.5 Å². The van der Waals surface area contributed by atoms with Gasteiger partial charge in [-0.25, -0.2) is 18.4 Å². The molecular formula is C18H16F6N2O3S. The summed E-state index contributed by atoms with van der Waals surface area (Å²) in [5, 5.41) is 0. The van der Waals surface area contributed by atoms with Crippen molar-refractivity contribution in [2.45, 2.75) is 41.9 Å². The minimum absolute atomic E-state index is 0.0552. The number of benzene rings is 1. The maximum atomic E-state index is 13.4. The molecule has 12 heteroatoms. The molecule has 1 saturated heterocycles. The van der Waals surface area contributed by atoms with Gasteiger partial charge in [-0.05, 0) is 37.0 Å². The van der Waals surface area contributed by atoms with Crippen LogP contribution in [0.1, 0.15) is 36.7 Å². The lowest BCUT2D eigenvalue weighted by atomic mass is 9.94. The van der Waals surface area contributed by atoms with E-state index in [9.17, 15) is 34.8 Å². The maximum Gasteiger partial charge on any atom is 0.451 e. The van der Waals surface area contributed by atoms with Crippen LogP contribution in [0.4, 0.5) is 26.3 Å². The predicted molar refractivity (Wildman–Crippen MR) is 91.7 cm³/mol. The van der Waals surface area contributed by atoms with E-state index in [1.54, 1.807) is 6.92 Å². The zero-order valence-electron chi connectivity index (χ0n) is 15.5. The van der Waals surface area contributed by atoms with Crippen molar-refractivity contribution in [3.63, 3.8) is 0 Å². The molecule has 164 valence electrons. The van der Waals surface area contributed by atoms with E-state index in [0.717, 1.165) is 18.2 Å². The van der Waals surface area contributed by atoms with E-state index in [4.69, 9.17) is 4.74 Å². The van der Waals surface area contributed by atoms with Crippen LogP contribution in [0.3, 0.4) is 0 Å². The van der Waals surface area contributed by atoms with Gasteiger partial charge in [0.1, 0.15) is 0 Å². The van der Waals surface area contributed by atoms with Crippen molar-refractivity contribution in [1.82, 2.24) is 9.97 Å². The normalized spacial score (nSPS) is 23.4. The molecule has 1 aliphatic rings. The first-order chi connectivity index (χ1) is 13.8. The molecule has 30 heavy (non-hydrogen) atoms. The number of aromatic nitrogens is 2. The highest BCUT2D eigenvalue weighted by Crippen LogP contribution is 2.46. The molecule has 3 rings (SSSR count). The van der Waals surface area contributed by atoms with Crippen LogP contribution in [-0.4, -0.2) is 25.0 Å². The molecule has 1 aromatic carbocycles. The monoisotopic (exact) mass is 454 g/mol. The Hall–Kier alpha value is -2.21. The highest BCUT2D eigenvalue weighted by atomic mass is 32.2. The Balaban J connectivity index is 2.17. The van der Waals surface area contributed by atoms with Crippen LogP contribution < -0.4 is 0 Å². The Morgan fingerprint density at radius 1 is 1.07 bits per heavy atom. The van der Waals surface area contributed by atoms with E-state index in [1.165, 1.54) is 0 Å². The molecule has 0 amide bonds. The average Bonchev–Trinajstić information content (AvgIpc) is 2.66. The van der Waals surface area contributed by atoms with Crippen LogP contribution in [0.5, 0.6) is 0 Å². The van der Waals surface area contributed by atoms with E-state index in [0.29, 0.717) is 24.9 Å². The highest BCUT2D eigenvalue weighted by molar-refractivity contribution is 7.92. The summed E-state index contributed by atoms with van der Waals surface area (Å²) >= 11 is 0. The third-order valence-electron chi connectivity index (χ3n) is 4.81. The van der Waals surface area contributed by atoms with E-state index in [2.05, 4.69) is 9.97 Å². The van der Waals surface area contributed by atoms with Gasteiger partial charge in [0.2, 0.25) is 20.6 Å². The third kappa shape index (κ3) is 4.02. The first kappa shape index (κ1) is 22.5. The van der Waals surface area contributed by atoms with Crippen molar-refractivity contribution in [3.05, 3.63) is 53.6 Å². The Bertz CT molecular complexity index is 1020. The summed E-state index contributed by atoms with van der Waals surface area (Å²) in [6.07, 6.45) is -7.94. The molecule has 2 aromatic rings. The molecule has 0 aliphatic carbocycles. The molecular weight excluding hydrogens is 438 g/mol. The summed E-state index contributed by atoms with van der Waals surface area (Å²) < 4.78 is 110. The average molecular weight is 454 g/mol. The van der Waals surface area contributed by atoms with Crippen LogP contribution in [0.2, 0.25) is 0 Å². The van der Waals surface area contributed by atoms with Gasteiger partial charge in [-0.1, -0.05) is 13.0 Å². The standard InChI is InChI=1S/C18H16F6N2O3S/c1-11-5-6-29-16(8-11,13-9-25-15(26-10-13)18(22,23)24)30(27,28)14-4-2-3-12(7-14)17(19,20)21/h2-4,7,9-11H,5-6,8H2,1H3. The van der Waals surface area contributed by atoms with Gasteiger partial charge in [0.25, 0.3) is 0 Å². The molecule has 1 fully saturated rings. The Morgan fingerprint density at radius 2 is 1.70 bits per heavy atom. The Labute approximate surface area is 168 Å². The molecule has 5 nitrogen and oxygen atoms in total. The zero-order chi connectivity index (χ0) is 22.4. The highest BCUT2D eigenvalue weighted by Gasteiger charge is 2.51. The van der Waals surface area contributed by atoms with Gasteiger partial charge in [-0.2, -0.15) is 26.3 Å². The SMILES string of the molecule is CC1CCOC(c2cnc(C(F)(F)F)nc2)(S(=O)(=O)c2cccc(C(F)(F)F)c2)C1. The minimum atomic E-state index is -4.84. The van der Waals surface area contributed by atoms with Crippen molar-refractivity contribution < 1.29 is 39.5 Å². The van der Waals surface area contributed by atoms with Crippen molar-refractivity contribution >= 4 is 9.84 Å². The fourth-order valence-corrected chi connectivity index (χ4v) is 5.37. The second-order valence-corrected chi connectivity index (χ2v) is 9.16. The molecule has 1 aliphatic heterocycles. The fourth-order valence-electron chi connectivity index (χ4n) is 3.29. The quantitative estimate of drug-likeness (QED) is 0.635. The van der Waals surface area contributed by atoms with Crippen LogP contribution >= 0.6 is 0 Å². The lowest BCUT2D eigenvalue weighted by molar-refractivity contribution is -0.145. The van der Waals surface area contributed by atoms with Crippen molar-refractivity contribution in [2.24, 2.45) is 5.92 Å². The molecule has 0 radical (unpaired) electrons. The Kier molecular flexibility index (Phi) is 5.61. The number of hydrogen-bond acceptors (Lipinski definition) is 5. The molecule has 0 bridgehead atoms.